The fraction of sp³-hybridized carbons (Fsp3) is 0.136. The third kappa shape index (κ3) is 5.47. The topological polar surface area (TPSA) is 125 Å². The third-order valence-electron chi connectivity index (χ3n) is 4.53. The van der Waals surface area contributed by atoms with Crippen LogP contribution in [0.3, 0.4) is 0 Å². The minimum atomic E-state index is -1.23. The standard InChI is InChI=1S/C22H22N6O3S/c1-28(32(3)30)20-7-5-4-6-18(20)26-19-12-21(24-14-17(19)22(29)27-31-2)25-16-10-8-15(13-23)9-11-16/h4-12,14H,1-3H3,(H,27,29)(H2,24,25,26). The Balaban J connectivity index is 1.97. The molecule has 1 atom stereocenters. The third-order valence-corrected chi connectivity index (χ3v) is 5.50. The second-order valence-corrected chi connectivity index (χ2v) is 8.02. The van der Waals surface area contributed by atoms with E-state index in [1.165, 1.54) is 13.3 Å². The first-order chi connectivity index (χ1) is 15.4. The predicted octanol–water partition coefficient (Wildman–Crippen LogP) is 3.46. The molecule has 1 aromatic heterocycles. The highest BCUT2D eigenvalue weighted by Gasteiger charge is 2.18. The molecule has 1 heterocycles. The van der Waals surface area contributed by atoms with Gasteiger partial charge in [0, 0.05) is 18.0 Å². The van der Waals surface area contributed by atoms with E-state index in [-0.39, 0.29) is 5.56 Å². The van der Waals surface area contributed by atoms with Crippen molar-refractivity contribution in [3.8, 4) is 6.07 Å². The summed E-state index contributed by atoms with van der Waals surface area (Å²) in [5, 5.41) is 15.4. The van der Waals surface area contributed by atoms with Crippen molar-refractivity contribution >= 4 is 45.8 Å². The molecule has 3 rings (SSSR count). The molecule has 0 radical (unpaired) electrons. The minimum Gasteiger partial charge on any atom is -0.593 e. The number of nitrogens with zero attached hydrogens (tertiary/aromatic N) is 3. The van der Waals surface area contributed by atoms with Crippen LogP contribution in [0.15, 0.2) is 60.8 Å². The number of anilines is 5. The number of nitriles is 1. The van der Waals surface area contributed by atoms with E-state index in [4.69, 9.17) is 10.1 Å². The SMILES string of the molecule is CONC(=O)c1cnc(Nc2ccc(C#N)cc2)cc1Nc1ccccc1N(C)[S+](C)[O-]. The summed E-state index contributed by atoms with van der Waals surface area (Å²) in [5.41, 5.74) is 5.66. The van der Waals surface area contributed by atoms with Crippen molar-refractivity contribution in [2.45, 2.75) is 0 Å². The zero-order chi connectivity index (χ0) is 23.1. The van der Waals surface area contributed by atoms with Gasteiger partial charge in [0.05, 0.1) is 54.1 Å². The van der Waals surface area contributed by atoms with Gasteiger partial charge in [0.25, 0.3) is 5.91 Å². The zero-order valence-electron chi connectivity index (χ0n) is 17.7. The first kappa shape index (κ1) is 22.9. The molecule has 0 saturated carbocycles. The highest BCUT2D eigenvalue weighted by atomic mass is 32.2. The van der Waals surface area contributed by atoms with Crippen molar-refractivity contribution < 1.29 is 14.2 Å². The number of benzene rings is 2. The smallest absolute Gasteiger partial charge is 0.278 e. The number of hydroxylamine groups is 1. The number of aromatic nitrogens is 1. The average Bonchev–Trinajstić information content (AvgIpc) is 2.80. The van der Waals surface area contributed by atoms with Crippen LogP contribution in [0.1, 0.15) is 15.9 Å². The van der Waals surface area contributed by atoms with Crippen LogP contribution in [0.25, 0.3) is 0 Å². The number of pyridine rings is 1. The van der Waals surface area contributed by atoms with Crippen LogP contribution < -0.4 is 20.4 Å². The number of hydrogen-bond acceptors (Lipinski definition) is 8. The number of carbonyl (C=O) groups excluding carboxylic acids is 1. The monoisotopic (exact) mass is 450 g/mol. The Morgan fingerprint density at radius 2 is 1.88 bits per heavy atom. The van der Waals surface area contributed by atoms with Gasteiger partial charge >= 0.3 is 0 Å². The van der Waals surface area contributed by atoms with Crippen LogP contribution >= 0.6 is 0 Å². The normalized spacial score (nSPS) is 11.2. The van der Waals surface area contributed by atoms with Gasteiger partial charge < -0.3 is 15.2 Å². The summed E-state index contributed by atoms with van der Waals surface area (Å²) in [6.45, 7) is 0. The molecule has 9 nitrogen and oxygen atoms in total. The molecule has 1 unspecified atom stereocenters. The summed E-state index contributed by atoms with van der Waals surface area (Å²) in [6.07, 6.45) is 3.01. The number of amides is 1. The van der Waals surface area contributed by atoms with Gasteiger partial charge in [-0.3, -0.25) is 9.63 Å². The summed E-state index contributed by atoms with van der Waals surface area (Å²) in [5.74, 6) is 0.00778. The predicted molar refractivity (Wildman–Crippen MR) is 125 cm³/mol. The summed E-state index contributed by atoms with van der Waals surface area (Å²) >= 11 is -1.23. The quantitative estimate of drug-likeness (QED) is 0.352. The Morgan fingerprint density at radius 1 is 1.16 bits per heavy atom. The van der Waals surface area contributed by atoms with Crippen LogP contribution in [-0.4, -0.2) is 35.9 Å². The second-order valence-electron chi connectivity index (χ2n) is 6.63. The van der Waals surface area contributed by atoms with Gasteiger partial charge in [0.2, 0.25) is 0 Å². The molecular weight excluding hydrogens is 428 g/mol. The van der Waals surface area contributed by atoms with Crippen LogP contribution in [0.4, 0.5) is 28.6 Å². The Hall–Kier alpha value is -3.78. The molecule has 0 spiro atoms. The van der Waals surface area contributed by atoms with Crippen molar-refractivity contribution in [2.24, 2.45) is 0 Å². The number of hydrogen-bond donors (Lipinski definition) is 3. The van der Waals surface area contributed by atoms with E-state index in [9.17, 15) is 9.35 Å². The summed E-state index contributed by atoms with van der Waals surface area (Å²) in [7, 11) is 3.07. The van der Waals surface area contributed by atoms with E-state index in [0.29, 0.717) is 28.4 Å². The van der Waals surface area contributed by atoms with Crippen LogP contribution in [-0.2, 0) is 16.2 Å². The fourth-order valence-corrected chi connectivity index (χ4v) is 3.31. The van der Waals surface area contributed by atoms with Crippen molar-refractivity contribution in [3.05, 3.63) is 71.9 Å². The minimum absolute atomic E-state index is 0.257. The lowest BCUT2D eigenvalue weighted by Gasteiger charge is -2.22. The summed E-state index contributed by atoms with van der Waals surface area (Å²) in [6, 6.07) is 18.0. The molecule has 164 valence electrons. The summed E-state index contributed by atoms with van der Waals surface area (Å²) < 4.78 is 13.6. The van der Waals surface area contributed by atoms with Crippen LogP contribution in [0.5, 0.6) is 0 Å². The second kappa shape index (κ2) is 10.5. The Labute approximate surface area is 189 Å². The molecule has 0 aliphatic carbocycles. The van der Waals surface area contributed by atoms with Crippen molar-refractivity contribution in [1.29, 1.82) is 5.26 Å². The number of nitrogens with one attached hydrogen (secondary N) is 3. The van der Waals surface area contributed by atoms with Gasteiger partial charge in [-0.15, -0.1) is 0 Å². The van der Waals surface area contributed by atoms with E-state index < -0.39 is 17.3 Å². The molecule has 0 aliphatic rings. The van der Waals surface area contributed by atoms with E-state index in [1.807, 2.05) is 24.3 Å². The Morgan fingerprint density at radius 3 is 2.53 bits per heavy atom. The molecule has 0 bridgehead atoms. The zero-order valence-corrected chi connectivity index (χ0v) is 18.6. The lowest BCUT2D eigenvalue weighted by Crippen LogP contribution is -2.26. The molecule has 2 aromatic carbocycles. The van der Waals surface area contributed by atoms with Gasteiger partial charge in [0.1, 0.15) is 17.8 Å². The number of para-hydroxylation sites is 2. The van der Waals surface area contributed by atoms with Gasteiger partial charge in [0.15, 0.2) is 0 Å². The summed E-state index contributed by atoms with van der Waals surface area (Å²) in [4.78, 5) is 21.6. The van der Waals surface area contributed by atoms with Crippen molar-refractivity contribution in [3.63, 3.8) is 0 Å². The van der Waals surface area contributed by atoms with Gasteiger partial charge in [-0.25, -0.2) is 10.5 Å². The molecule has 3 N–H and O–H groups in total. The molecule has 10 heteroatoms. The number of rotatable bonds is 8. The van der Waals surface area contributed by atoms with E-state index in [1.54, 1.807) is 47.9 Å². The maximum atomic E-state index is 12.5. The van der Waals surface area contributed by atoms with Gasteiger partial charge in [-0.1, -0.05) is 12.1 Å². The van der Waals surface area contributed by atoms with Gasteiger partial charge in [-0.05, 0) is 36.4 Å². The molecule has 0 saturated heterocycles. The molecule has 0 aliphatic heterocycles. The first-order valence-corrected chi connectivity index (χ1v) is 11.0. The number of carbonyl (C=O) groups is 1. The molecule has 1 amide bonds. The van der Waals surface area contributed by atoms with Crippen LogP contribution in [0, 0.1) is 11.3 Å². The fourth-order valence-electron chi connectivity index (χ4n) is 2.87. The maximum Gasteiger partial charge on any atom is 0.278 e. The molecule has 0 fully saturated rings. The van der Waals surface area contributed by atoms with Crippen LogP contribution in [0.2, 0.25) is 0 Å². The lowest BCUT2D eigenvalue weighted by atomic mass is 10.2. The maximum absolute atomic E-state index is 12.5. The lowest BCUT2D eigenvalue weighted by molar-refractivity contribution is 0.0538. The highest BCUT2D eigenvalue weighted by molar-refractivity contribution is 7.92. The molecular formula is C22H22N6O3S. The highest BCUT2D eigenvalue weighted by Crippen LogP contribution is 2.32. The largest absolute Gasteiger partial charge is 0.593 e. The molecule has 32 heavy (non-hydrogen) atoms. The van der Waals surface area contributed by atoms with E-state index >= 15 is 0 Å². The van der Waals surface area contributed by atoms with E-state index in [0.717, 1.165) is 5.69 Å². The van der Waals surface area contributed by atoms with Gasteiger partial charge in [-0.2, -0.15) is 9.57 Å². The van der Waals surface area contributed by atoms with E-state index in [2.05, 4.69) is 27.2 Å². The molecule has 3 aromatic rings. The average molecular weight is 451 g/mol. The van der Waals surface area contributed by atoms with Crippen molar-refractivity contribution in [1.82, 2.24) is 10.5 Å². The first-order valence-electron chi connectivity index (χ1n) is 9.46. The Bertz CT molecular complexity index is 1130. The Kier molecular flexibility index (Phi) is 7.51. The van der Waals surface area contributed by atoms with Crippen molar-refractivity contribution in [2.75, 3.05) is 35.4 Å².